The molecule has 0 N–H and O–H groups in total. The molecule has 0 radical (unpaired) electrons. The summed E-state index contributed by atoms with van der Waals surface area (Å²) in [6.45, 7) is 0. The van der Waals surface area contributed by atoms with Crippen molar-refractivity contribution < 1.29 is 23.4 Å². The van der Waals surface area contributed by atoms with Gasteiger partial charge in [0.15, 0.2) is 0 Å². The van der Waals surface area contributed by atoms with Crippen LogP contribution < -0.4 is 9.84 Å². The van der Waals surface area contributed by atoms with Gasteiger partial charge in [-0.15, -0.1) is 0 Å². The Bertz CT molecular complexity index is 326. The summed E-state index contributed by atoms with van der Waals surface area (Å²) in [5.41, 5.74) is 0.145. The topological polar surface area (TPSA) is 49.4 Å². The van der Waals surface area contributed by atoms with Crippen molar-refractivity contribution >= 4 is 6.16 Å². The molecule has 0 aromatic heterocycles. The minimum Gasteiger partial charge on any atom is -0.514 e. The van der Waals surface area contributed by atoms with E-state index >= 15 is 0 Å². The maximum atomic E-state index is 12.0. The number of benzene rings is 1. The summed E-state index contributed by atoms with van der Waals surface area (Å²) in [6, 6.07) is 5.70. The summed E-state index contributed by atoms with van der Waals surface area (Å²) >= 11 is 0. The first-order valence-electron chi connectivity index (χ1n) is 3.84. The quantitative estimate of drug-likeness (QED) is 0.545. The number of alkyl halides is 2. The molecule has 0 aliphatic carbocycles. The van der Waals surface area contributed by atoms with Crippen LogP contribution in [0.3, 0.4) is 0 Å². The molecule has 0 fully saturated rings. The van der Waals surface area contributed by atoms with Crippen molar-refractivity contribution in [2.24, 2.45) is 0 Å². The third kappa shape index (κ3) is 3.01. The van der Waals surface area contributed by atoms with Crippen molar-refractivity contribution in [3.63, 3.8) is 0 Å². The Balaban J connectivity index is 2.85. The highest BCUT2D eigenvalue weighted by Gasteiger charge is 2.07. The van der Waals surface area contributed by atoms with Crippen molar-refractivity contribution in [3.8, 4) is 5.75 Å². The highest BCUT2D eigenvalue weighted by Crippen LogP contribution is 2.20. The Morgan fingerprint density at radius 1 is 1.43 bits per heavy atom. The standard InChI is InChI=1S/C9H8F2O3/c10-8(11)5-6-3-1-2-4-7(6)14-9(12)13/h1-4,8H,5H2,(H,12,13)/p-1. The second-order valence-electron chi connectivity index (χ2n) is 2.55. The summed E-state index contributed by atoms with van der Waals surface area (Å²) in [5.74, 6) is -0.104. The maximum absolute atomic E-state index is 12.0. The summed E-state index contributed by atoms with van der Waals surface area (Å²) in [6.07, 6.45) is -4.84. The van der Waals surface area contributed by atoms with Gasteiger partial charge in [-0.25, -0.2) is 8.78 Å². The van der Waals surface area contributed by atoms with E-state index in [9.17, 15) is 18.7 Å². The van der Waals surface area contributed by atoms with Crippen LogP contribution in [0.5, 0.6) is 5.75 Å². The van der Waals surface area contributed by atoms with Gasteiger partial charge in [-0.05, 0) is 11.6 Å². The number of hydrogen-bond donors (Lipinski definition) is 0. The van der Waals surface area contributed by atoms with Gasteiger partial charge in [-0.3, -0.25) is 0 Å². The minimum absolute atomic E-state index is 0.104. The van der Waals surface area contributed by atoms with Gasteiger partial charge in [0.1, 0.15) is 0 Å². The first-order chi connectivity index (χ1) is 6.59. The fraction of sp³-hybridized carbons (Fsp3) is 0.222. The number of para-hydroxylation sites is 1. The van der Waals surface area contributed by atoms with Crippen LogP contribution in [0.2, 0.25) is 0 Å². The molecule has 0 saturated heterocycles. The molecule has 0 atom stereocenters. The van der Waals surface area contributed by atoms with Crippen molar-refractivity contribution in [1.29, 1.82) is 0 Å². The van der Waals surface area contributed by atoms with Gasteiger partial charge >= 0.3 is 0 Å². The number of carbonyl (C=O) groups is 1. The summed E-state index contributed by atoms with van der Waals surface area (Å²) in [5, 5.41) is 10.1. The molecule has 0 amide bonds. The Labute approximate surface area is 78.9 Å². The van der Waals surface area contributed by atoms with Crippen molar-refractivity contribution in [2.75, 3.05) is 0 Å². The zero-order valence-electron chi connectivity index (χ0n) is 7.07. The summed E-state index contributed by atoms with van der Waals surface area (Å²) < 4.78 is 28.3. The lowest BCUT2D eigenvalue weighted by molar-refractivity contribution is -0.271. The van der Waals surface area contributed by atoms with Gasteiger partial charge < -0.3 is 14.6 Å². The van der Waals surface area contributed by atoms with E-state index in [0.29, 0.717) is 0 Å². The Kier molecular flexibility index (Phi) is 3.39. The average molecular weight is 201 g/mol. The zero-order valence-corrected chi connectivity index (χ0v) is 7.07. The molecule has 14 heavy (non-hydrogen) atoms. The summed E-state index contributed by atoms with van der Waals surface area (Å²) in [7, 11) is 0. The molecular weight excluding hydrogens is 194 g/mol. The Hall–Kier alpha value is -1.65. The van der Waals surface area contributed by atoms with E-state index < -0.39 is 19.0 Å². The van der Waals surface area contributed by atoms with E-state index in [1.165, 1.54) is 24.3 Å². The lowest BCUT2D eigenvalue weighted by Gasteiger charge is -2.12. The van der Waals surface area contributed by atoms with Gasteiger partial charge in [0.05, 0.1) is 5.75 Å². The van der Waals surface area contributed by atoms with E-state index in [2.05, 4.69) is 4.74 Å². The molecule has 5 heteroatoms. The van der Waals surface area contributed by atoms with Gasteiger partial charge in [0.2, 0.25) is 6.43 Å². The largest absolute Gasteiger partial charge is 0.514 e. The first-order valence-corrected chi connectivity index (χ1v) is 3.84. The van der Waals surface area contributed by atoms with Crippen molar-refractivity contribution in [2.45, 2.75) is 12.8 Å². The molecule has 0 unspecified atom stereocenters. The van der Waals surface area contributed by atoms with Crippen LogP contribution in [-0.4, -0.2) is 12.6 Å². The number of ether oxygens (including phenoxy) is 1. The zero-order chi connectivity index (χ0) is 10.6. The number of rotatable bonds is 3. The number of carboxylic acid groups (broad SMARTS) is 1. The van der Waals surface area contributed by atoms with Gasteiger partial charge in [0.25, 0.3) is 6.16 Å². The molecule has 1 rings (SSSR count). The van der Waals surface area contributed by atoms with Crippen LogP contribution >= 0.6 is 0 Å². The lowest BCUT2D eigenvalue weighted by atomic mass is 10.1. The van der Waals surface area contributed by atoms with Gasteiger partial charge in [-0.2, -0.15) is 0 Å². The average Bonchev–Trinajstić information content (AvgIpc) is 2.06. The second kappa shape index (κ2) is 4.55. The van der Waals surface area contributed by atoms with Crippen LogP contribution in [0.1, 0.15) is 5.56 Å². The predicted molar refractivity (Wildman–Crippen MR) is 42.2 cm³/mol. The fourth-order valence-electron chi connectivity index (χ4n) is 1.03. The van der Waals surface area contributed by atoms with Crippen LogP contribution in [0.25, 0.3) is 0 Å². The minimum atomic E-state index is -2.54. The van der Waals surface area contributed by atoms with Gasteiger partial charge in [-0.1, -0.05) is 18.2 Å². The van der Waals surface area contributed by atoms with E-state index in [-0.39, 0.29) is 11.3 Å². The highest BCUT2D eigenvalue weighted by atomic mass is 19.3. The van der Waals surface area contributed by atoms with Crippen LogP contribution in [-0.2, 0) is 6.42 Å². The van der Waals surface area contributed by atoms with Crippen LogP contribution in [0.4, 0.5) is 13.6 Å². The van der Waals surface area contributed by atoms with E-state index in [0.717, 1.165) is 0 Å². The maximum Gasteiger partial charge on any atom is 0.257 e. The first kappa shape index (κ1) is 10.4. The molecule has 0 aliphatic heterocycles. The predicted octanol–water partition coefficient (Wildman–Crippen LogP) is 1.22. The smallest absolute Gasteiger partial charge is 0.257 e. The lowest BCUT2D eigenvalue weighted by Crippen LogP contribution is -2.27. The van der Waals surface area contributed by atoms with E-state index in [1.54, 1.807) is 0 Å². The molecule has 0 aliphatic rings. The van der Waals surface area contributed by atoms with E-state index in [1.807, 2.05) is 0 Å². The highest BCUT2D eigenvalue weighted by molar-refractivity contribution is 5.59. The molecular formula is C9H7F2O3-. The number of hydrogen-bond acceptors (Lipinski definition) is 3. The van der Waals surface area contributed by atoms with Crippen LogP contribution in [0, 0.1) is 0 Å². The monoisotopic (exact) mass is 201 g/mol. The molecule has 3 nitrogen and oxygen atoms in total. The normalized spacial score (nSPS) is 10.2. The fourth-order valence-corrected chi connectivity index (χ4v) is 1.03. The van der Waals surface area contributed by atoms with E-state index in [4.69, 9.17) is 0 Å². The molecule has 0 spiro atoms. The second-order valence-corrected chi connectivity index (χ2v) is 2.55. The van der Waals surface area contributed by atoms with Crippen molar-refractivity contribution in [3.05, 3.63) is 29.8 Å². The Morgan fingerprint density at radius 3 is 2.64 bits per heavy atom. The molecule has 0 bridgehead atoms. The summed E-state index contributed by atoms with van der Waals surface area (Å²) in [4.78, 5) is 10.1. The van der Waals surface area contributed by atoms with Crippen LogP contribution in [0.15, 0.2) is 24.3 Å². The molecule has 1 aromatic carbocycles. The molecule has 1 aromatic rings. The third-order valence-corrected chi connectivity index (χ3v) is 1.54. The van der Waals surface area contributed by atoms with Gasteiger partial charge in [0, 0.05) is 6.42 Å². The third-order valence-electron chi connectivity index (χ3n) is 1.54. The number of carbonyl (C=O) groups excluding carboxylic acids is 1. The molecule has 76 valence electrons. The number of halogens is 2. The SMILES string of the molecule is O=C([O-])Oc1ccccc1CC(F)F. The van der Waals surface area contributed by atoms with Crippen molar-refractivity contribution in [1.82, 2.24) is 0 Å². The molecule has 0 saturated carbocycles. The Morgan fingerprint density at radius 2 is 2.07 bits per heavy atom. The molecule has 0 heterocycles.